The highest BCUT2D eigenvalue weighted by Gasteiger charge is 2.53. The Hall–Kier alpha value is -0.0800. The second-order valence-corrected chi connectivity index (χ2v) is 9.17. The topological polar surface area (TPSA) is 15.3 Å². The van der Waals surface area contributed by atoms with Crippen LogP contribution in [0.2, 0.25) is 0 Å². The highest BCUT2D eigenvalue weighted by atomic mass is 15.5. The summed E-state index contributed by atoms with van der Waals surface area (Å²) in [5.74, 6) is 3.20. The van der Waals surface area contributed by atoms with Crippen molar-refractivity contribution in [1.82, 2.24) is 10.4 Å². The Labute approximate surface area is 131 Å². The Morgan fingerprint density at radius 3 is 1.86 bits per heavy atom. The monoisotopic (exact) mass is 290 g/mol. The van der Waals surface area contributed by atoms with Gasteiger partial charge in [-0.3, -0.25) is 5.43 Å². The Morgan fingerprint density at radius 2 is 1.38 bits per heavy atom. The molecule has 1 heterocycles. The molecule has 4 bridgehead atoms. The maximum Gasteiger partial charge on any atom is 0.0243 e. The summed E-state index contributed by atoms with van der Waals surface area (Å²) in [6.45, 7) is 7.32. The van der Waals surface area contributed by atoms with Gasteiger partial charge in [-0.1, -0.05) is 6.42 Å². The zero-order valence-electron chi connectivity index (χ0n) is 14.3. The van der Waals surface area contributed by atoms with Crippen molar-refractivity contribution in [2.45, 2.75) is 96.7 Å². The fourth-order valence-electron chi connectivity index (χ4n) is 6.74. The first kappa shape index (κ1) is 14.5. The fourth-order valence-corrected chi connectivity index (χ4v) is 6.74. The molecule has 2 nitrogen and oxygen atoms in total. The number of hydrogen-bond acceptors (Lipinski definition) is 2. The molecule has 0 amide bonds. The van der Waals surface area contributed by atoms with Crippen LogP contribution in [-0.2, 0) is 0 Å². The Balaban J connectivity index is 1.48. The Kier molecular flexibility index (Phi) is 3.61. The molecule has 0 aromatic carbocycles. The third-order valence-electron chi connectivity index (χ3n) is 7.54. The minimum absolute atomic E-state index is 0.631. The predicted molar refractivity (Wildman–Crippen MR) is 87.8 cm³/mol. The van der Waals surface area contributed by atoms with E-state index in [1.165, 1.54) is 38.5 Å². The molecular weight excluding hydrogens is 256 g/mol. The van der Waals surface area contributed by atoms with Crippen molar-refractivity contribution in [2.24, 2.45) is 23.2 Å². The standard InChI is InChI=1S/C19H34N2/c1-13-5-4-6-14(2)21(13)20-15(3)19-10-16-7-17(11-19)9-18(8-16)12-19/h13-18,20H,4-12H2,1-3H3. The van der Waals surface area contributed by atoms with Crippen LogP contribution in [0.25, 0.3) is 0 Å². The van der Waals surface area contributed by atoms with Crippen molar-refractivity contribution in [1.29, 1.82) is 0 Å². The molecule has 3 atom stereocenters. The molecule has 4 saturated carbocycles. The highest BCUT2D eigenvalue weighted by molar-refractivity contribution is 5.05. The average molecular weight is 290 g/mol. The summed E-state index contributed by atoms with van der Waals surface area (Å²) in [7, 11) is 0. The molecule has 5 aliphatic rings. The van der Waals surface area contributed by atoms with Crippen LogP contribution in [0.3, 0.4) is 0 Å². The van der Waals surface area contributed by atoms with Crippen molar-refractivity contribution in [3.63, 3.8) is 0 Å². The van der Waals surface area contributed by atoms with Crippen LogP contribution in [0.4, 0.5) is 0 Å². The molecule has 1 aliphatic heterocycles. The minimum atomic E-state index is 0.631. The lowest BCUT2D eigenvalue weighted by Gasteiger charge is -2.60. The molecule has 0 spiro atoms. The normalized spacial score (nSPS) is 51.3. The van der Waals surface area contributed by atoms with E-state index in [2.05, 4.69) is 31.2 Å². The first-order valence-electron chi connectivity index (χ1n) is 9.60. The molecule has 21 heavy (non-hydrogen) atoms. The number of nitrogens with one attached hydrogen (secondary N) is 1. The summed E-state index contributed by atoms with van der Waals surface area (Å²) < 4.78 is 0. The van der Waals surface area contributed by atoms with E-state index in [4.69, 9.17) is 0 Å². The largest absolute Gasteiger partial charge is 0.251 e. The molecule has 5 fully saturated rings. The molecule has 4 aliphatic carbocycles. The lowest BCUT2D eigenvalue weighted by atomic mass is 9.48. The van der Waals surface area contributed by atoms with Gasteiger partial charge in [0.15, 0.2) is 0 Å². The molecule has 120 valence electrons. The average Bonchev–Trinajstić information content (AvgIpc) is 2.41. The molecule has 0 aromatic rings. The first-order chi connectivity index (χ1) is 10.1. The molecule has 1 N–H and O–H groups in total. The van der Waals surface area contributed by atoms with E-state index in [0.29, 0.717) is 23.5 Å². The summed E-state index contributed by atoms with van der Waals surface area (Å²) in [6.07, 6.45) is 13.4. The van der Waals surface area contributed by atoms with Gasteiger partial charge in [0.05, 0.1) is 0 Å². The van der Waals surface area contributed by atoms with E-state index in [0.717, 1.165) is 17.8 Å². The van der Waals surface area contributed by atoms with Gasteiger partial charge in [-0.25, -0.2) is 5.01 Å². The zero-order valence-corrected chi connectivity index (χ0v) is 14.3. The second kappa shape index (κ2) is 5.23. The third-order valence-corrected chi connectivity index (χ3v) is 7.54. The van der Waals surface area contributed by atoms with Gasteiger partial charge in [0.2, 0.25) is 0 Å². The van der Waals surface area contributed by atoms with Crippen molar-refractivity contribution in [3.05, 3.63) is 0 Å². The van der Waals surface area contributed by atoms with Crippen LogP contribution < -0.4 is 5.43 Å². The predicted octanol–water partition coefficient (Wildman–Crippen LogP) is 4.36. The summed E-state index contributed by atoms with van der Waals surface area (Å²) in [6, 6.07) is 2.10. The van der Waals surface area contributed by atoms with Gasteiger partial charge in [0.25, 0.3) is 0 Å². The highest BCUT2D eigenvalue weighted by Crippen LogP contribution is 2.61. The van der Waals surface area contributed by atoms with Crippen LogP contribution in [0.15, 0.2) is 0 Å². The minimum Gasteiger partial charge on any atom is -0.251 e. The van der Waals surface area contributed by atoms with E-state index >= 15 is 0 Å². The van der Waals surface area contributed by atoms with Crippen LogP contribution in [-0.4, -0.2) is 23.1 Å². The van der Waals surface area contributed by atoms with Gasteiger partial charge >= 0.3 is 0 Å². The summed E-state index contributed by atoms with van der Waals surface area (Å²) in [4.78, 5) is 0. The van der Waals surface area contributed by atoms with Gasteiger partial charge < -0.3 is 0 Å². The van der Waals surface area contributed by atoms with Crippen molar-refractivity contribution in [3.8, 4) is 0 Å². The Morgan fingerprint density at radius 1 is 0.905 bits per heavy atom. The molecule has 3 unspecified atom stereocenters. The number of hydrogen-bond donors (Lipinski definition) is 1. The van der Waals surface area contributed by atoms with E-state index in [1.54, 1.807) is 19.3 Å². The molecule has 0 radical (unpaired) electrons. The fraction of sp³-hybridized carbons (Fsp3) is 1.00. The Bertz CT molecular complexity index is 346. The van der Waals surface area contributed by atoms with Gasteiger partial charge in [0.1, 0.15) is 0 Å². The van der Waals surface area contributed by atoms with Gasteiger partial charge in [0, 0.05) is 18.1 Å². The molecule has 5 rings (SSSR count). The molecule has 2 heteroatoms. The zero-order chi connectivity index (χ0) is 14.6. The summed E-state index contributed by atoms with van der Waals surface area (Å²) in [5.41, 5.74) is 4.64. The first-order valence-corrected chi connectivity index (χ1v) is 9.60. The third kappa shape index (κ3) is 2.47. The summed E-state index contributed by atoms with van der Waals surface area (Å²) >= 11 is 0. The quantitative estimate of drug-likeness (QED) is 0.831. The van der Waals surface area contributed by atoms with Crippen molar-refractivity contribution >= 4 is 0 Å². The SMILES string of the molecule is CC1CCCC(C)N1NC(C)C12CC3CC(CC(C3)C1)C2. The number of nitrogens with zero attached hydrogens (tertiary/aromatic N) is 1. The van der Waals surface area contributed by atoms with Gasteiger partial charge in [-0.2, -0.15) is 0 Å². The van der Waals surface area contributed by atoms with Gasteiger partial charge in [-0.05, 0) is 95.3 Å². The number of rotatable bonds is 3. The smallest absolute Gasteiger partial charge is 0.0243 e. The van der Waals surface area contributed by atoms with Crippen LogP contribution in [0.5, 0.6) is 0 Å². The maximum absolute atomic E-state index is 4.01. The van der Waals surface area contributed by atoms with E-state index < -0.39 is 0 Å². The van der Waals surface area contributed by atoms with E-state index in [-0.39, 0.29) is 0 Å². The summed E-state index contributed by atoms with van der Waals surface area (Å²) in [5, 5.41) is 2.62. The van der Waals surface area contributed by atoms with Crippen molar-refractivity contribution < 1.29 is 0 Å². The van der Waals surface area contributed by atoms with Crippen molar-refractivity contribution in [2.75, 3.05) is 0 Å². The number of piperidine rings is 1. The van der Waals surface area contributed by atoms with Crippen LogP contribution >= 0.6 is 0 Å². The van der Waals surface area contributed by atoms with E-state index in [9.17, 15) is 0 Å². The molecule has 0 aromatic heterocycles. The van der Waals surface area contributed by atoms with Crippen LogP contribution in [0.1, 0.15) is 78.6 Å². The number of hydrazine groups is 1. The lowest BCUT2D eigenvalue weighted by molar-refractivity contribution is -0.0945. The molecular formula is C19H34N2. The van der Waals surface area contributed by atoms with Crippen LogP contribution in [0, 0.1) is 23.2 Å². The lowest BCUT2D eigenvalue weighted by Crippen LogP contribution is -2.61. The van der Waals surface area contributed by atoms with Gasteiger partial charge in [-0.15, -0.1) is 0 Å². The second-order valence-electron chi connectivity index (χ2n) is 9.17. The molecule has 1 saturated heterocycles. The van der Waals surface area contributed by atoms with E-state index in [1.807, 2.05) is 0 Å². The maximum atomic E-state index is 4.01.